The number of carbonyl (C=O) groups excluding carboxylic acids is 1. The molecular formula is C21H27N3O4. The van der Waals surface area contributed by atoms with E-state index < -0.39 is 11.7 Å². The first-order valence-electron chi connectivity index (χ1n) is 9.43. The first-order valence-corrected chi connectivity index (χ1v) is 9.43. The van der Waals surface area contributed by atoms with Crippen LogP contribution in [-0.4, -0.2) is 47.5 Å². The van der Waals surface area contributed by atoms with E-state index in [4.69, 9.17) is 14.2 Å². The summed E-state index contributed by atoms with van der Waals surface area (Å²) < 4.78 is 16.4. The average molecular weight is 385 g/mol. The molecular weight excluding hydrogens is 358 g/mol. The molecule has 0 radical (unpaired) electrons. The standard InChI is InChI=1S/C21H27N3O4/c1-21(2,3)28-20(25)23-15-6-8-16(27-13-15)7-5-14-11-12-22-17-9-10-18(26-4)24-19(14)17/h5,7,9-12,15-16H,6,8,13H2,1-4H3,(H,23,25)/t15-,16-/m1/s1. The van der Waals surface area contributed by atoms with Crippen LogP contribution in [0.15, 0.2) is 30.5 Å². The number of alkyl carbamates (subject to hydrolysis) is 1. The van der Waals surface area contributed by atoms with E-state index >= 15 is 0 Å². The van der Waals surface area contributed by atoms with E-state index in [1.807, 2.05) is 45.1 Å². The molecule has 3 heterocycles. The van der Waals surface area contributed by atoms with Crippen LogP contribution in [0.1, 0.15) is 39.2 Å². The van der Waals surface area contributed by atoms with Crippen molar-refractivity contribution in [3.05, 3.63) is 36.0 Å². The van der Waals surface area contributed by atoms with E-state index in [0.717, 1.165) is 29.4 Å². The number of ether oxygens (including phenoxy) is 3. The van der Waals surface area contributed by atoms with Crippen LogP contribution in [0.3, 0.4) is 0 Å². The van der Waals surface area contributed by atoms with Crippen LogP contribution < -0.4 is 10.1 Å². The van der Waals surface area contributed by atoms with Crippen LogP contribution in [0.25, 0.3) is 17.1 Å². The van der Waals surface area contributed by atoms with E-state index in [2.05, 4.69) is 15.3 Å². The van der Waals surface area contributed by atoms with E-state index in [0.29, 0.717) is 12.5 Å². The molecule has 1 N–H and O–H groups in total. The van der Waals surface area contributed by atoms with Gasteiger partial charge in [0.1, 0.15) is 5.60 Å². The van der Waals surface area contributed by atoms with Gasteiger partial charge in [0, 0.05) is 17.8 Å². The number of hydrogen-bond donors (Lipinski definition) is 1. The Balaban J connectivity index is 1.58. The van der Waals surface area contributed by atoms with Crippen molar-refractivity contribution in [2.75, 3.05) is 13.7 Å². The molecule has 2 atom stereocenters. The van der Waals surface area contributed by atoms with Gasteiger partial charge in [-0.3, -0.25) is 4.98 Å². The number of nitrogens with zero attached hydrogens (tertiary/aromatic N) is 2. The molecule has 1 aliphatic heterocycles. The lowest BCUT2D eigenvalue weighted by Gasteiger charge is -2.29. The number of hydrogen-bond acceptors (Lipinski definition) is 6. The van der Waals surface area contributed by atoms with Crippen molar-refractivity contribution in [2.24, 2.45) is 0 Å². The van der Waals surface area contributed by atoms with Gasteiger partial charge in [-0.2, -0.15) is 0 Å². The number of rotatable bonds is 4. The summed E-state index contributed by atoms with van der Waals surface area (Å²) in [6.45, 7) is 5.99. The number of methoxy groups -OCH3 is 1. The Morgan fingerprint density at radius 2 is 2.11 bits per heavy atom. The highest BCUT2D eigenvalue weighted by Gasteiger charge is 2.24. The summed E-state index contributed by atoms with van der Waals surface area (Å²) in [5.74, 6) is 0.556. The number of nitrogens with one attached hydrogen (secondary N) is 1. The van der Waals surface area contributed by atoms with E-state index in [-0.39, 0.29) is 12.1 Å². The molecule has 0 aromatic carbocycles. The van der Waals surface area contributed by atoms with Crippen molar-refractivity contribution in [2.45, 2.75) is 51.4 Å². The average Bonchev–Trinajstić information content (AvgIpc) is 2.65. The number of amides is 1. The first kappa shape index (κ1) is 20.1. The maximum Gasteiger partial charge on any atom is 0.407 e. The summed E-state index contributed by atoms with van der Waals surface area (Å²) >= 11 is 0. The van der Waals surface area contributed by atoms with Gasteiger partial charge in [-0.05, 0) is 45.7 Å². The monoisotopic (exact) mass is 385 g/mol. The normalized spacial score (nSPS) is 20.3. The number of pyridine rings is 2. The van der Waals surface area contributed by atoms with Gasteiger partial charge in [-0.25, -0.2) is 9.78 Å². The van der Waals surface area contributed by atoms with E-state index in [9.17, 15) is 4.79 Å². The van der Waals surface area contributed by atoms with Gasteiger partial charge in [0.25, 0.3) is 0 Å². The molecule has 3 rings (SSSR count). The zero-order chi connectivity index (χ0) is 20.1. The molecule has 1 amide bonds. The summed E-state index contributed by atoms with van der Waals surface area (Å²) in [6.07, 6.45) is 7.03. The van der Waals surface area contributed by atoms with Gasteiger partial charge >= 0.3 is 6.09 Å². The molecule has 0 spiro atoms. The lowest BCUT2D eigenvalue weighted by Crippen LogP contribution is -2.44. The molecule has 2 aromatic rings. The molecule has 7 nitrogen and oxygen atoms in total. The minimum Gasteiger partial charge on any atom is -0.481 e. The molecule has 0 unspecified atom stereocenters. The molecule has 150 valence electrons. The summed E-state index contributed by atoms with van der Waals surface area (Å²) in [5.41, 5.74) is 2.06. The summed E-state index contributed by atoms with van der Waals surface area (Å²) in [5, 5.41) is 2.86. The summed E-state index contributed by atoms with van der Waals surface area (Å²) in [6, 6.07) is 5.57. The quantitative estimate of drug-likeness (QED) is 0.864. The van der Waals surface area contributed by atoms with Crippen molar-refractivity contribution in [1.29, 1.82) is 0 Å². The second-order valence-corrected chi connectivity index (χ2v) is 7.77. The summed E-state index contributed by atoms with van der Waals surface area (Å²) in [7, 11) is 1.59. The highest BCUT2D eigenvalue weighted by molar-refractivity contribution is 5.84. The third kappa shape index (κ3) is 5.42. The molecule has 28 heavy (non-hydrogen) atoms. The van der Waals surface area contributed by atoms with Gasteiger partial charge < -0.3 is 19.5 Å². The highest BCUT2D eigenvalue weighted by atomic mass is 16.6. The third-order valence-electron chi connectivity index (χ3n) is 4.32. The molecule has 0 saturated carbocycles. The Bertz CT molecular complexity index is 852. The van der Waals surface area contributed by atoms with E-state index in [1.165, 1.54) is 0 Å². The van der Waals surface area contributed by atoms with Crippen molar-refractivity contribution in [3.8, 4) is 5.88 Å². The molecule has 1 fully saturated rings. The molecule has 1 aliphatic rings. The Hall–Kier alpha value is -2.67. The molecule has 1 saturated heterocycles. The van der Waals surface area contributed by atoms with Gasteiger partial charge in [-0.1, -0.05) is 12.2 Å². The molecule has 7 heteroatoms. The highest BCUT2D eigenvalue weighted by Crippen LogP contribution is 2.21. The fourth-order valence-corrected chi connectivity index (χ4v) is 3.00. The maximum absolute atomic E-state index is 11.9. The van der Waals surface area contributed by atoms with Gasteiger partial charge in [0.2, 0.25) is 5.88 Å². The fraction of sp³-hybridized carbons (Fsp3) is 0.476. The minimum atomic E-state index is -0.505. The summed E-state index contributed by atoms with van der Waals surface area (Å²) in [4.78, 5) is 20.7. The Kier molecular flexibility index (Phi) is 6.14. The zero-order valence-electron chi connectivity index (χ0n) is 16.8. The molecule has 0 bridgehead atoms. The molecule has 2 aromatic heterocycles. The van der Waals surface area contributed by atoms with Crippen molar-refractivity contribution in [3.63, 3.8) is 0 Å². The van der Waals surface area contributed by atoms with E-state index in [1.54, 1.807) is 19.4 Å². The number of carbonyl (C=O) groups is 1. The second kappa shape index (κ2) is 8.56. The zero-order valence-corrected chi connectivity index (χ0v) is 16.8. The Morgan fingerprint density at radius 1 is 1.29 bits per heavy atom. The Morgan fingerprint density at radius 3 is 2.79 bits per heavy atom. The predicted octanol–water partition coefficient (Wildman–Crippen LogP) is 3.72. The van der Waals surface area contributed by atoms with Gasteiger partial charge in [-0.15, -0.1) is 0 Å². The van der Waals surface area contributed by atoms with Gasteiger partial charge in [0.05, 0.1) is 36.9 Å². The smallest absolute Gasteiger partial charge is 0.407 e. The van der Waals surface area contributed by atoms with Crippen LogP contribution in [0, 0.1) is 0 Å². The topological polar surface area (TPSA) is 82.6 Å². The van der Waals surface area contributed by atoms with Crippen LogP contribution in [-0.2, 0) is 9.47 Å². The lowest BCUT2D eigenvalue weighted by atomic mass is 10.0. The first-order chi connectivity index (χ1) is 13.3. The second-order valence-electron chi connectivity index (χ2n) is 7.77. The van der Waals surface area contributed by atoms with Crippen LogP contribution in [0.2, 0.25) is 0 Å². The SMILES string of the molecule is COc1ccc2nccc(C=C[C@@H]3CC[C@@H](NC(=O)OC(C)(C)C)CO3)c2n1. The minimum absolute atomic E-state index is 0.00879. The lowest BCUT2D eigenvalue weighted by molar-refractivity contribution is 0.0136. The maximum atomic E-state index is 11.9. The van der Waals surface area contributed by atoms with Gasteiger partial charge in [0.15, 0.2) is 0 Å². The van der Waals surface area contributed by atoms with Crippen molar-refractivity contribution in [1.82, 2.24) is 15.3 Å². The number of fused-ring (bicyclic) bond motifs is 1. The van der Waals surface area contributed by atoms with Crippen LogP contribution in [0.5, 0.6) is 5.88 Å². The predicted molar refractivity (Wildman–Crippen MR) is 107 cm³/mol. The van der Waals surface area contributed by atoms with Crippen molar-refractivity contribution < 1.29 is 19.0 Å². The largest absolute Gasteiger partial charge is 0.481 e. The van der Waals surface area contributed by atoms with Crippen molar-refractivity contribution >= 4 is 23.2 Å². The third-order valence-corrected chi connectivity index (χ3v) is 4.32. The molecule has 0 aliphatic carbocycles. The Labute approximate surface area is 165 Å². The fourth-order valence-electron chi connectivity index (χ4n) is 3.00. The van der Waals surface area contributed by atoms with Crippen LogP contribution in [0.4, 0.5) is 4.79 Å². The van der Waals surface area contributed by atoms with Crippen LogP contribution >= 0.6 is 0 Å². The number of aromatic nitrogens is 2.